The van der Waals surface area contributed by atoms with Gasteiger partial charge in [0, 0.05) is 10.4 Å². The van der Waals surface area contributed by atoms with Crippen LogP contribution in [0.25, 0.3) is 5.70 Å². The van der Waals surface area contributed by atoms with Crippen LogP contribution in [0.5, 0.6) is 5.75 Å². The van der Waals surface area contributed by atoms with E-state index in [1.54, 1.807) is 18.4 Å². The maximum Gasteiger partial charge on any atom is 0.231 e. The van der Waals surface area contributed by atoms with Crippen LogP contribution in [-0.4, -0.2) is 42.5 Å². The summed E-state index contributed by atoms with van der Waals surface area (Å²) in [6.07, 6.45) is 0.0825. The molecule has 1 atom stereocenters. The maximum absolute atomic E-state index is 9.48. The predicted octanol–water partition coefficient (Wildman–Crippen LogP) is 3.72. The van der Waals surface area contributed by atoms with Crippen LogP contribution in [0.4, 0.5) is 0 Å². The molecule has 2 aromatic rings. The molecule has 0 aliphatic heterocycles. The summed E-state index contributed by atoms with van der Waals surface area (Å²) < 4.78 is 11.1. The standard InChI is InChI=1S/C21H27NO4S/c1-6-18-7-8-19(27-18)21(25-5)22-15(4)16-9-13(2)20(14(3)10-16)26-12-17(24)11-23/h7-10,17,23-24H,4,6,11-12H2,1-3,5H3. The second kappa shape index (κ2) is 9.69. The number of hydrogen-bond acceptors (Lipinski definition) is 6. The van der Waals surface area contributed by atoms with E-state index in [9.17, 15) is 5.11 Å². The van der Waals surface area contributed by atoms with Crippen LogP contribution >= 0.6 is 11.3 Å². The van der Waals surface area contributed by atoms with Gasteiger partial charge in [-0.25, -0.2) is 4.99 Å². The van der Waals surface area contributed by atoms with Crippen molar-refractivity contribution >= 4 is 22.9 Å². The number of thiophene rings is 1. The molecule has 1 unspecified atom stereocenters. The van der Waals surface area contributed by atoms with Crippen LogP contribution in [0.1, 0.15) is 33.4 Å². The molecule has 2 rings (SSSR count). The first kappa shape index (κ1) is 21.2. The minimum absolute atomic E-state index is 0.0442. The van der Waals surface area contributed by atoms with E-state index in [0.717, 1.165) is 28.0 Å². The van der Waals surface area contributed by atoms with E-state index in [2.05, 4.69) is 24.6 Å². The average Bonchev–Trinajstić information content (AvgIpc) is 3.13. The molecule has 0 fully saturated rings. The van der Waals surface area contributed by atoms with E-state index in [1.165, 1.54) is 4.88 Å². The van der Waals surface area contributed by atoms with Crippen LogP contribution in [-0.2, 0) is 11.2 Å². The molecule has 6 heteroatoms. The smallest absolute Gasteiger partial charge is 0.231 e. The van der Waals surface area contributed by atoms with E-state index >= 15 is 0 Å². The third-order valence-corrected chi connectivity index (χ3v) is 5.29. The average molecular weight is 390 g/mol. The van der Waals surface area contributed by atoms with Gasteiger partial charge in [0.2, 0.25) is 5.90 Å². The maximum atomic E-state index is 9.48. The Morgan fingerprint density at radius 2 is 1.93 bits per heavy atom. The fraction of sp³-hybridized carbons (Fsp3) is 0.381. The Morgan fingerprint density at radius 3 is 2.44 bits per heavy atom. The molecule has 146 valence electrons. The van der Waals surface area contributed by atoms with Crippen molar-refractivity contribution in [3.8, 4) is 5.75 Å². The predicted molar refractivity (Wildman–Crippen MR) is 111 cm³/mol. The van der Waals surface area contributed by atoms with E-state index in [0.29, 0.717) is 17.3 Å². The third kappa shape index (κ3) is 5.42. The van der Waals surface area contributed by atoms with Crippen LogP contribution in [0, 0.1) is 13.8 Å². The molecule has 0 aliphatic rings. The van der Waals surface area contributed by atoms with Crippen molar-refractivity contribution in [3.63, 3.8) is 0 Å². The van der Waals surface area contributed by atoms with Crippen LogP contribution in [0.15, 0.2) is 35.8 Å². The molecule has 0 saturated carbocycles. The van der Waals surface area contributed by atoms with E-state index < -0.39 is 6.10 Å². The molecule has 0 saturated heterocycles. The lowest BCUT2D eigenvalue weighted by atomic mass is 10.0. The van der Waals surface area contributed by atoms with Crippen molar-refractivity contribution in [2.45, 2.75) is 33.3 Å². The van der Waals surface area contributed by atoms with E-state index in [1.807, 2.05) is 32.0 Å². The number of aliphatic hydroxyl groups is 2. The number of methoxy groups -OCH3 is 1. The van der Waals surface area contributed by atoms with Gasteiger partial charge < -0.3 is 19.7 Å². The number of rotatable bonds is 8. The lowest BCUT2D eigenvalue weighted by Crippen LogP contribution is -2.21. The molecular formula is C21H27NO4S. The highest BCUT2D eigenvalue weighted by Gasteiger charge is 2.13. The van der Waals surface area contributed by atoms with Gasteiger partial charge in [0.15, 0.2) is 0 Å². The fourth-order valence-corrected chi connectivity index (χ4v) is 3.56. The first-order valence-electron chi connectivity index (χ1n) is 8.83. The summed E-state index contributed by atoms with van der Waals surface area (Å²) in [7, 11) is 1.61. The quantitative estimate of drug-likeness (QED) is 0.533. The molecule has 5 nitrogen and oxygen atoms in total. The SMILES string of the molecule is C=C(N=C(OC)c1ccc(CC)s1)c1cc(C)c(OCC(O)CO)c(C)c1. The molecule has 0 radical (unpaired) electrons. The summed E-state index contributed by atoms with van der Waals surface area (Å²) in [5.41, 5.74) is 3.30. The molecule has 0 amide bonds. The van der Waals surface area contributed by atoms with Crippen LogP contribution in [0.3, 0.4) is 0 Å². The third-order valence-electron chi connectivity index (χ3n) is 4.08. The largest absolute Gasteiger partial charge is 0.490 e. The van der Waals surface area contributed by atoms with Crippen molar-refractivity contribution in [2.75, 3.05) is 20.3 Å². The molecule has 0 spiro atoms. The summed E-state index contributed by atoms with van der Waals surface area (Å²) in [6.45, 7) is 9.78. The number of hydrogen-bond donors (Lipinski definition) is 2. The fourth-order valence-electron chi connectivity index (χ4n) is 2.65. The highest BCUT2D eigenvalue weighted by Crippen LogP contribution is 2.29. The van der Waals surface area contributed by atoms with Gasteiger partial charge in [-0.1, -0.05) is 13.5 Å². The highest BCUT2D eigenvalue weighted by atomic mass is 32.1. The van der Waals surface area contributed by atoms with Crippen molar-refractivity contribution < 1.29 is 19.7 Å². The number of ether oxygens (including phenoxy) is 2. The van der Waals surface area contributed by atoms with Crippen molar-refractivity contribution in [2.24, 2.45) is 4.99 Å². The van der Waals surface area contributed by atoms with Gasteiger partial charge in [-0.2, -0.15) is 0 Å². The lowest BCUT2D eigenvalue weighted by Gasteiger charge is -2.16. The lowest BCUT2D eigenvalue weighted by molar-refractivity contribution is 0.0532. The van der Waals surface area contributed by atoms with Crippen molar-refractivity contribution in [1.29, 1.82) is 0 Å². The first-order valence-corrected chi connectivity index (χ1v) is 9.65. The zero-order valence-electron chi connectivity index (χ0n) is 16.3. The van der Waals surface area contributed by atoms with Gasteiger partial charge in [0.1, 0.15) is 18.5 Å². The molecule has 1 heterocycles. The Morgan fingerprint density at radius 1 is 1.26 bits per heavy atom. The number of benzene rings is 1. The molecule has 2 N–H and O–H groups in total. The molecular weight excluding hydrogens is 362 g/mol. The molecule has 0 aliphatic carbocycles. The Kier molecular flexibility index (Phi) is 7.59. The van der Waals surface area contributed by atoms with Gasteiger partial charge in [0.25, 0.3) is 0 Å². The van der Waals surface area contributed by atoms with Gasteiger partial charge in [0.05, 0.1) is 24.3 Å². The van der Waals surface area contributed by atoms with Gasteiger partial charge in [-0.15, -0.1) is 11.3 Å². The minimum atomic E-state index is -0.897. The summed E-state index contributed by atoms with van der Waals surface area (Å²) in [5.74, 6) is 1.24. The minimum Gasteiger partial charge on any atom is -0.490 e. The number of aryl methyl sites for hydroxylation is 3. The number of aliphatic imine (C=N–C) groups is 1. The first-order chi connectivity index (χ1) is 12.9. The topological polar surface area (TPSA) is 71.3 Å². The Bertz CT molecular complexity index is 802. The van der Waals surface area contributed by atoms with Crippen molar-refractivity contribution in [1.82, 2.24) is 0 Å². The second-order valence-corrected chi connectivity index (χ2v) is 7.44. The van der Waals surface area contributed by atoms with Gasteiger partial charge in [-0.05, 0) is 55.7 Å². The van der Waals surface area contributed by atoms with E-state index in [-0.39, 0.29) is 13.2 Å². The summed E-state index contributed by atoms with van der Waals surface area (Å²) in [6, 6.07) is 7.98. The van der Waals surface area contributed by atoms with Gasteiger partial charge in [-0.3, -0.25) is 0 Å². The molecule has 0 bridgehead atoms. The molecule has 27 heavy (non-hydrogen) atoms. The highest BCUT2D eigenvalue weighted by molar-refractivity contribution is 7.14. The van der Waals surface area contributed by atoms with Gasteiger partial charge >= 0.3 is 0 Å². The monoisotopic (exact) mass is 389 g/mol. The van der Waals surface area contributed by atoms with E-state index in [4.69, 9.17) is 14.6 Å². The number of nitrogens with zero attached hydrogens (tertiary/aromatic N) is 1. The zero-order chi connectivity index (χ0) is 20.0. The molecule has 1 aromatic heterocycles. The van der Waals surface area contributed by atoms with Crippen LogP contribution < -0.4 is 4.74 Å². The summed E-state index contributed by atoms with van der Waals surface area (Å²) >= 11 is 1.66. The molecule has 1 aromatic carbocycles. The number of aliphatic hydroxyl groups excluding tert-OH is 2. The Balaban J connectivity index is 2.24. The zero-order valence-corrected chi connectivity index (χ0v) is 17.1. The second-order valence-electron chi connectivity index (χ2n) is 6.27. The van der Waals surface area contributed by atoms with Crippen molar-refractivity contribution in [3.05, 3.63) is 57.3 Å². The van der Waals surface area contributed by atoms with Crippen LogP contribution in [0.2, 0.25) is 0 Å². The Hall–Kier alpha value is -2.15. The summed E-state index contributed by atoms with van der Waals surface area (Å²) in [5, 5.41) is 18.4. The normalized spacial score (nSPS) is 12.7. The Labute approximate surface area is 164 Å². The summed E-state index contributed by atoms with van der Waals surface area (Å²) in [4.78, 5) is 6.83.